The van der Waals surface area contributed by atoms with Gasteiger partial charge in [0.2, 0.25) is 0 Å². The molecule has 1 heterocycles. The molecular weight excluding hydrogens is 441 g/mol. The number of hydrogen-bond donors (Lipinski definition) is 2. The summed E-state index contributed by atoms with van der Waals surface area (Å²) in [6, 6.07) is 0. The maximum atomic E-state index is 5.15. The third kappa shape index (κ3) is 8.24. The Morgan fingerprint density at radius 3 is 2.58 bits per heavy atom. The average molecular weight is 479 g/mol. The zero-order valence-corrected chi connectivity index (χ0v) is 19.7. The smallest absolute Gasteiger partial charge is 0.191 e. The second kappa shape index (κ2) is 14.3. The highest BCUT2D eigenvalue weighted by Crippen LogP contribution is 2.13. The van der Waals surface area contributed by atoms with Crippen LogP contribution in [-0.4, -0.2) is 43.0 Å². The molecular formula is C19H38IN5O. The molecule has 26 heavy (non-hydrogen) atoms. The van der Waals surface area contributed by atoms with Crippen molar-refractivity contribution in [2.75, 3.05) is 27.3 Å². The molecule has 0 radical (unpaired) electrons. The molecule has 1 unspecified atom stereocenters. The first kappa shape index (κ1) is 25.2. The van der Waals surface area contributed by atoms with E-state index in [1.54, 1.807) is 7.11 Å². The predicted molar refractivity (Wildman–Crippen MR) is 120 cm³/mol. The highest BCUT2D eigenvalue weighted by molar-refractivity contribution is 14.0. The van der Waals surface area contributed by atoms with Gasteiger partial charge in [-0.1, -0.05) is 33.1 Å². The molecule has 1 rings (SSSR count). The van der Waals surface area contributed by atoms with Gasteiger partial charge in [-0.05, 0) is 26.2 Å². The minimum Gasteiger partial charge on any atom is -0.383 e. The Kier molecular flexibility index (Phi) is 13.8. The van der Waals surface area contributed by atoms with Crippen LogP contribution in [0, 0.1) is 19.8 Å². The fourth-order valence-corrected chi connectivity index (χ4v) is 2.96. The van der Waals surface area contributed by atoms with Crippen molar-refractivity contribution in [3.63, 3.8) is 0 Å². The number of hydrogen-bond acceptors (Lipinski definition) is 3. The van der Waals surface area contributed by atoms with E-state index in [4.69, 9.17) is 4.74 Å². The van der Waals surface area contributed by atoms with Crippen LogP contribution >= 0.6 is 24.0 Å². The highest BCUT2D eigenvalue weighted by atomic mass is 127. The van der Waals surface area contributed by atoms with E-state index in [1.165, 1.54) is 36.9 Å². The molecule has 0 spiro atoms. The van der Waals surface area contributed by atoms with E-state index in [2.05, 4.69) is 48.4 Å². The van der Waals surface area contributed by atoms with Crippen molar-refractivity contribution in [3.8, 4) is 0 Å². The largest absolute Gasteiger partial charge is 0.383 e. The van der Waals surface area contributed by atoms with Gasteiger partial charge in [0.15, 0.2) is 5.96 Å². The Morgan fingerprint density at radius 2 is 2.00 bits per heavy atom. The van der Waals surface area contributed by atoms with E-state index in [0.29, 0.717) is 12.5 Å². The summed E-state index contributed by atoms with van der Waals surface area (Å²) >= 11 is 0. The minimum atomic E-state index is 0. The lowest BCUT2D eigenvalue weighted by molar-refractivity contribution is 0.182. The Morgan fingerprint density at radius 1 is 1.27 bits per heavy atom. The van der Waals surface area contributed by atoms with Crippen molar-refractivity contribution in [2.24, 2.45) is 10.9 Å². The highest BCUT2D eigenvalue weighted by Gasteiger charge is 2.12. The fourth-order valence-electron chi connectivity index (χ4n) is 2.96. The molecule has 1 atom stereocenters. The van der Waals surface area contributed by atoms with E-state index in [0.717, 1.165) is 31.3 Å². The molecule has 6 nitrogen and oxygen atoms in total. The lowest BCUT2D eigenvalue weighted by atomic mass is 9.99. The van der Waals surface area contributed by atoms with E-state index in [1.807, 2.05) is 11.7 Å². The number of methoxy groups -OCH3 is 1. The van der Waals surface area contributed by atoms with E-state index in [-0.39, 0.29) is 24.0 Å². The van der Waals surface area contributed by atoms with Crippen LogP contribution in [0.25, 0.3) is 0 Å². The molecule has 152 valence electrons. The van der Waals surface area contributed by atoms with E-state index in [9.17, 15) is 0 Å². The molecule has 0 aromatic carbocycles. The molecule has 0 aliphatic heterocycles. The van der Waals surface area contributed by atoms with Crippen LogP contribution in [0.5, 0.6) is 0 Å². The first-order chi connectivity index (χ1) is 12.1. The Hall–Kier alpha value is -0.830. The molecule has 0 saturated heterocycles. The summed E-state index contributed by atoms with van der Waals surface area (Å²) in [5.74, 6) is 1.57. The maximum Gasteiger partial charge on any atom is 0.191 e. The molecule has 0 aliphatic rings. The number of aliphatic imine (C=N–C) groups is 1. The van der Waals surface area contributed by atoms with Gasteiger partial charge >= 0.3 is 0 Å². The summed E-state index contributed by atoms with van der Waals surface area (Å²) in [6.45, 7) is 11.8. The summed E-state index contributed by atoms with van der Waals surface area (Å²) in [4.78, 5) is 4.35. The van der Waals surface area contributed by atoms with Crippen molar-refractivity contribution < 1.29 is 4.74 Å². The number of ether oxygens (including phenoxy) is 1. The van der Waals surface area contributed by atoms with Gasteiger partial charge in [0.25, 0.3) is 0 Å². The van der Waals surface area contributed by atoms with Crippen LogP contribution in [0.1, 0.15) is 56.5 Å². The average Bonchev–Trinajstić information content (AvgIpc) is 2.89. The van der Waals surface area contributed by atoms with Crippen LogP contribution in [0.3, 0.4) is 0 Å². The Labute approximate surface area is 176 Å². The summed E-state index contributed by atoms with van der Waals surface area (Å²) in [7, 11) is 3.54. The van der Waals surface area contributed by atoms with Gasteiger partial charge in [0.05, 0.1) is 18.8 Å². The predicted octanol–water partition coefficient (Wildman–Crippen LogP) is 3.65. The Bertz CT molecular complexity index is 530. The van der Waals surface area contributed by atoms with E-state index < -0.39 is 0 Å². The third-order valence-electron chi connectivity index (χ3n) is 4.80. The first-order valence-corrected chi connectivity index (χ1v) is 9.53. The van der Waals surface area contributed by atoms with E-state index >= 15 is 0 Å². The lowest BCUT2D eigenvalue weighted by Crippen LogP contribution is -2.39. The molecule has 0 amide bonds. The normalized spacial score (nSPS) is 12.6. The topological polar surface area (TPSA) is 63.5 Å². The number of aryl methyl sites for hydroxylation is 1. The standard InChI is InChI=1S/C19H37N5O.HI/c1-7-9-10-17(8-2)13-21-19(20-5)22-14-18-15(3)23-24(16(18)4)11-12-25-6;/h17H,7-14H2,1-6H3,(H2,20,21,22);1H. The summed E-state index contributed by atoms with van der Waals surface area (Å²) in [6.07, 6.45) is 5.04. The Balaban J connectivity index is 0.00000625. The second-order valence-corrected chi connectivity index (χ2v) is 6.59. The quantitative estimate of drug-likeness (QED) is 0.289. The molecule has 0 aliphatic carbocycles. The van der Waals surface area contributed by atoms with Gasteiger partial charge in [-0.2, -0.15) is 5.10 Å². The molecule has 0 bridgehead atoms. The van der Waals surface area contributed by atoms with Crippen LogP contribution in [0.4, 0.5) is 0 Å². The van der Waals surface area contributed by atoms with Gasteiger partial charge in [-0.3, -0.25) is 9.67 Å². The summed E-state index contributed by atoms with van der Waals surface area (Å²) < 4.78 is 7.17. The van der Waals surface area contributed by atoms with Crippen molar-refractivity contribution in [1.29, 1.82) is 0 Å². The fraction of sp³-hybridized carbons (Fsp3) is 0.789. The SMILES string of the molecule is CCCCC(CC)CNC(=NC)NCc1c(C)nn(CCOC)c1C.I. The van der Waals surface area contributed by atoms with Crippen molar-refractivity contribution in [1.82, 2.24) is 20.4 Å². The van der Waals surface area contributed by atoms with Gasteiger partial charge < -0.3 is 15.4 Å². The van der Waals surface area contributed by atoms with Crippen molar-refractivity contribution in [3.05, 3.63) is 17.0 Å². The van der Waals surface area contributed by atoms with Gasteiger partial charge in [0.1, 0.15) is 0 Å². The second-order valence-electron chi connectivity index (χ2n) is 6.59. The maximum absolute atomic E-state index is 5.15. The van der Waals surface area contributed by atoms with Crippen LogP contribution in [0.15, 0.2) is 4.99 Å². The van der Waals surface area contributed by atoms with Crippen LogP contribution in [0.2, 0.25) is 0 Å². The minimum absolute atomic E-state index is 0. The number of halogens is 1. The van der Waals surface area contributed by atoms with Crippen molar-refractivity contribution in [2.45, 2.75) is 66.5 Å². The summed E-state index contributed by atoms with van der Waals surface area (Å²) in [5.41, 5.74) is 3.48. The molecule has 7 heteroatoms. The number of guanidine groups is 1. The van der Waals surface area contributed by atoms with Gasteiger partial charge in [-0.15, -0.1) is 24.0 Å². The lowest BCUT2D eigenvalue weighted by Gasteiger charge is -2.18. The molecule has 0 fully saturated rings. The molecule has 1 aromatic rings. The molecule has 2 N–H and O–H groups in total. The number of rotatable bonds is 11. The van der Waals surface area contributed by atoms with Crippen LogP contribution < -0.4 is 10.6 Å². The number of nitrogens with zero attached hydrogens (tertiary/aromatic N) is 3. The zero-order chi connectivity index (χ0) is 18.7. The first-order valence-electron chi connectivity index (χ1n) is 9.53. The third-order valence-corrected chi connectivity index (χ3v) is 4.80. The molecule has 1 aromatic heterocycles. The summed E-state index contributed by atoms with van der Waals surface area (Å²) in [5, 5.41) is 11.5. The number of nitrogens with one attached hydrogen (secondary N) is 2. The van der Waals surface area contributed by atoms with Gasteiger partial charge in [0, 0.05) is 38.5 Å². The monoisotopic (exact) mass is 479 g/mol. The van der Waals surface area contributed by atoms with Gasteiger partial charge in [-0.25, -0.2) is 0 Å². The number of unbranched alkanes of at least 4 members (excludes halogenated alkanes) is 1. The van der Waals surface area contributed by atoms with Crippen LogP contribution in [-0.2, 0) is 17.8 Å². The zero-order valence-electron chi connectivity index (χ0n) is 17.4. The molecule has 0 saturated carbocycles. The number of aromatic nitrogens is 2. The van der Waals surface area contributed by atoms with Crippen molar-refractivity contribution >= 4 is 29.9 Å².